The summed E-state index contributed by atoms with van der Waals surface area (Å²) in [4.78, 5) is 11.8. The molecule has 0 spiro atoms. The maximum absolute atomic E-state index is 11.8. The third kappa shape index (κ3) is 2.67. The second-order valence-corrected chi connectivity index (χ2v) is 5.72. The highest BCUT2D eigenvalue weighted by molar-refractivity contribution is 5.89. The molecule has 3 N–H and O–H groups in total. The first-order valence-electron chi connectivity index (χ1n) is 6.69. The van der Waals surface area contributed by atoms with Crippen molar-refractivity contribution in [3.63, 3.8) is 0 Å². The molecule has 4 heteroatoms. The zero-order valence-electron chi connectivity index (χ0n) is 11.8. The Morgan fingerprint density at radius 2 is 2.16 bits per heavy atom. The lowest BCUT2D eigenvalue weighted by Gasteiger charge is -2.48. The Bertz CT molecular complexity index is 465. The van der Waals surface area contributed by atoms with E-state index in [0.29, 0.717) is 11.8 Å². The number of rotatable bonds is 5. The molecule has 0 heterocycles. The molecule has 1 saturated carbocycles. The maximum Gasteiger partial charge on any atom is 0.243 e. The summed E-state index contributed by atoms with van der Waals surface area (Å²) >= 11 is 0. The van der Waals surface area contributed by atoms with Crippen LogP contribution >= 0.6 is 0 Å². The largest absolute Gasteiger partial charge is 0.497 e. The van der Waals surface area contributed by atoms with Gasteiger partial charge in [0.1, 0.15) is 11.3 Å². The van der Waals surface area contributed by atoms with E-state index in [1.807, 2.05) is 24.3 Å². The van der Waals surface area contributed by atoms with E-state index in [1.54, 1.807) is 7.11 Å². The number of primary amides is 1. The third-order valence-electron chi connectivity index (χ3n) is 4.09. The number of benzene rings is 1. The number of carbonyl (C=O) groups excluding carboxylic acids is 1. The van der Waals surface area contributed by atoms with E-state index in [4.69, 9.17) is 10.5 Å². The standard InChI is InChI=1S/C15H22N2O2/c1-10(2)11-8-15(9-11,14(16)18)17-12-5-4-6-13(7-12)19-3/h4-7,10-11,17H,8-9H2,1-3H3,(H2,16,18). The van der Waals surface area contributed by atoms with Gasteiger partial charge in [0.2, 0.25) is 5.91 Å². The van der Waals surface area contributed by atoms with Crippen LogP contribution < -0.4 is 15.8 Å². The number of hydrogen-bond acceptors (Lipinski definition) is 3. The van der Waals surface area contributed by atoms with E-state index >= 15 is 0 Å². The van der Waals surface area contributed by atoms with Crippen molar-refractivity contribution in [2.24, 2.45) is 17.6 Å². The van der Waals surface area contributed by atoms with Crippen molar-refractivity contribution < 1.29 is 9.53 Å². The SMILES string of the molecule is COc1cccc(NC2(C(N)=O)CC(C(C)C)C2)c1. The van der Waals surface area contributed by atoms with Crippen LogP contribution in [-0.2, 0) is 4.79 Å². The normalized spacial score (nSPS) is 25.8. The van der Waals surface area contributed by atoms with Gasteiger partial charge in [0, 0.05) is 11.8 Å². The molecule has 1 aromatic rings. The lowest BCUT2D eigenvalue weighted by Crippen LogP contribution is -2.60. The monoisotopic (exact) mass is 262 g/mol. The Kier molecular flexibility index (Phi) is 3.69. The summed E-state index contributed by atoms with van der Waals surface area (Å²) in [7, 11) is 1.63. The van der Waals surface area contributed by atoms with Gasteiger partial charge in [-0.3, -0.25) is 4.79 Å². The number of hydrogen-bond donors (Lipinski definition) is 2. The van der Waals surface area contributed by atoms with Gasteiger partial charge in [0.05, 0.1) is 7.11 Å². The summed E-state index contributed by atoms with van der Waals surface area (Å²) in [6.07, 6.45) is 1.61. The smallest absolute Gasteiger partial charge is 0.243 e. The van der Waals surface area contributed by atoms with E-state index < -0.39 is 5.54 Å². The number of ether oxygens (including phenoxy) is 1. The van der Waals surface area contributed by atoms with E-state index in [2.05, 4.69) is 19.2 Å². The van der Waals surface area contributed by atoms with Gasteiger partial charge in [-0.05, 0) is 36.8 Å². The molecule has 19 heavy (non-hydrogen) atoms. The molecule has 1 aliphatic carbocycles. The fourth-order valence-electron chi connectivity index (χ4n) is 2.65. The van der Waals surface area contributed by atoms with Gasteiger partial charge >= 0.3 is 0 Å². The molecule has 0 unspecified atom stereocenters. The third-order valence-corrected chi connectivity index (χ3v) is 4.09. The molecular formula is C15H22N2O2. The van der Waals surface area contributed by atoms with Gasteiger partial charge in [0.15, 0.2) is 0 Å². The Morgan fingerprint density at radius 3 is 2.68 bits per heavy atom. The van der Waals surface area contributed by atoms with Crippen LogP contribution in [0.2, 0.25) is 0 Å². The van der Waals surface area contributed by atoms with Crippen molar-refractivity contribution in [1.29, 1.82) is 0 Å². The van der Waals surface area contributed by atoms with Crippen molar-refractivity contribution in [2.45, 2.75) is 32.2 Å². The van der Waals surface area contributed by atoms with Gasteiger partial charge in [-0.1, -0.05) is 19.9 Å². The van der Waals surface area contributed by atoms with Gasteiger partial charge in [-0.25, -0.2) is 0 Å². The molecule has 0 saturated heterocycles. The van der Waals surface area contributed by atoms with Gasteiger partial charge < -0.3 is 15.8 Å². The van der Waals surface area contributed by atoms with Crippen molar-refractivity contribution in [1.82, 2.24) is 0 Å². The van der Waals surface area contributed by atoms with E-state index in [-0.39, 0.29) is 5.91 Å². The fraction of sp³-hybridized carbons (Fsp3) is 0.533. The van der Waals surface area contributed by atoms with Crippen LogP contribution in [0, 0.1) is 11.8 Å². The van der Waals surface area contributed by atoms with Gasteiger partial charge in [-0.15, -0.1) is 0 Å². The summed E-state index contributed by atoms with van der Waals surface area (Å²) in [6, 6.07) is 7.58. The number of anilines is 1. The molecule has 4 nitrogen and oxygen atoms in total. The van der Waals surface area contributed by atoms with Crippen molar-refractivity contribution in [3.05, 3.63) is 24.3 Å². The molecular weight excluding hydrogens is 240 g/mol. The van der Waals surface area contributed by atoms with Crippen LogP contribution in [0.3, 0.4) is 0 Å². The summed E-state index contributed by atoms with van der Waals surface area (Å²) in [6.45, 7) is 4.36. The Balaban J connectivity index is 2.12. The second-order valence-electron chi connectivity index (χ2n) is 5.72. The minimum Gasteiger partial charge on any atom is -0.497 e. The average Bonchev–Trinajstić information content (AvgIpc) is 2.32. The average molecular weight is 262 g/mol. The molecule has 2 rings (SSSR count). The highest BCUT2D eigenvalue weighted by atomic mass is 16.5. The number of nitrogens with two attached hydrogens (primary N) is 1. The second kappa shape index (κ2) is 5.11. The number of carbonyl (C=O) groups is 1. The molecule has 0 atom stereocenters. The summed E-state index contributed by atoms with van der Waals surface area (Å²) in [5.41, 5.74) is 5.86. The molecule has 1 aromatic carbocycles. The molecule has 1 amide bonds. The first-order chi connectivity index (χ1) is 8.97. The van der Waals surface area contributed by atoms with E-state index in [9.17, 15) is 4.79 Å². The number of amides is 1. The van der Waals surface area contributed by atoms with Crippen LogP contribution in [0.5, 0.6) is 5.75 Å². The highest BCUT2D eigenvalue weighted by Gasteiger charge is 2.49. The predicted molar refractivity (Wildman–Crippen MR) is 76.1 cm³/mol. The molecule has 0 bridgehead atoms. The van der Waals surface area contributed by atoms with E-state index in [0.717, 1.165) is 24.3 Å². The zero-order chi connectivity index (χ0) is 14.0. The van der Waals surface area contributed by atoms with E-state index in [1.165, 1.54) is 0 Å². The summed E-state index contributed by atoms with van der Waals surface area (Å²) in [5.74, 6) is 1.64. The quantitative estimate of drug-likeness (QED) is 0.856. The fourth-order valence-corrected chi connectivity index (χ4v) is 2.65. The number of methoxy groups -OCH3 is 1. The van der Waals surface area contributed by atoms with Crippen LogP contribution in [0.25, 0.3) is 0 Å². The predicted octanol–water partition coefficient (Wildman–Crippen LogP) is 2.40. The van der Waals surface area contributed by atoms with Crippen molar-refractivity contribution in [2.75, 3.05) is 12.4 Å². The van der Waals surface area contributed by atoms with Crippen molar-refractivity contribution >= 4 is 11.6 Å². The first-order valence-corrected chi connectivity index (χ1v) is 6.69. The topological polar surface area (TPSA) is 64.3 Å². The molecule has 1 aliphatic rings. The van der Waals surface area contributed by atoms with Gasteiger partial charge in [0.25, 0.3) is 0 Å². The maximum atomic E-state index is 11.8. The summed E-state index contributed by atoms with van der Waals surface area (Å²) < 4.78 is 5.18. The minimum atomic E-state index is -0.596. The van der Waals surface area contributed by atoms with Crippen LogP contribution in [0.15, 0.2) is 24.3 Å². The van der Waals surface area contributed by atoms with Gasteiger partial charge in [-0.2, -0.15) is 0 Å². The minimum absolute atomic E-state index is 0.271. The lowest BCUT2D eigenvalue weighted by atomic mass is 9.63. The first kappa shape index (κ1) is 13.7. The Morgan fingerprint density at radius 1 is 1.47 bits per heavy atom. The van der Waals surface area contributed by atoms with Crippen LogP contribution in [0.4, 0.5) is 5.69 Å². The summed E-state index contributed by atoms with van der Waals surface area (Å²) in [5, 5.41) is 3.30. The lowest BCUT2D eigenvalue weighted by molar-refractivity contribution is -0.127. The molecule has 0 aliphatic heterocycles. The van der Waals surface area contributed by atoms with Crippen LogP contribution in [-0.4, -0.2) is 18.6 Å². The molecule has 1 fully saturated rings. The Labute approximate surface area is 114 Å². The zero-order valence-corrected chi connectivity index (χ0v) is 11.8. The number of nitrogens with one attached hydrogen (secondary N) is 1. The van der Waals surface area contributed by atoms with Crippen molar-refractivity contribution in [3.8, 4) is 5.75 Å². The molecule has 0 aromatic heterocycles. The van der Waals surface area contributed by atoms with Crippen LogP contribution in [0.1, 0.15) is 26.7 Å². The molecule has 0 radical (unpaired) electrons. The Hall–Kier alpha value is -1.71. The molecule has 104 valence electrons. The highest BCUT2D eigenvalue weighted by Crippen LogP contribution is 2.44.